The van der Waals surface area contributed by atoms with Gasteiger partial charge in [-0.25, -0.2) is 4.98 Å². The molecule has 8 nitrogen and oxygen atoms in total. The van der Waals surface area contributed by atoms with E-state index in [9.17, 15) is 14.9 Å². The number of hydrogen-bond donors (Lipinski definition) is 3. The van der Waals surface area contributed by atoms with Crippen LogP contribution < -0.4 is 16.4 Å². The van der Waals surface area contributed by atoms with Crippen molar-refractivity contribution >= 4 is 28.8 Å². The van der Waals surface area contributed by atoms with Gasteiger partial charge in [-0.2, -0.15) is 0 Å². The standard InChI is InChI=1S/C18H21N5O3/c19-17(24)16-9-15(23(25)26)11-21-18(16)22-14-7-5-13(6-8-14)20-10-12-3-1-2-4-12/h5-9,11-12,20H,1-4,10H2,(H2,19,24)(H,21,22). The van der Waals surface area contributed by atoms with Crippen LogP contribution in [0.5, 0.6) is 0 Å². The molecular weight excluding hydrogens is 334 g/mol. The normalized spacial score (nSPS) is 14.2. The number of amides is 1. The third kappa shape index (κ3) is 4.27. The quantitative estimate of drug-likeness (QED) is 0.516. The van der Waals surface area contributed by atoms with Crippen molar-refractivity contribution in [3.63, 3.8) is 0 Å². The Kier molecular flexibility index (Phi) is 5.31. The summed E-state index contributed by atoms with van der Waals surface area (Å²) in [6.45, 7) is 0.975. The minimum atomic E-state index is -0.779. The van der Waals surface area contributed by atoms with Gasteiger partial charge in [-0.3, -0.25) is 14.9 Å². The number of pyridine rings is 1. The molecule has 0 spiro atoms. The molecule has 1 aromatic carbocycles. The van der Waals surface area contributed by atoms with Crippen LogP contribution in [0.3, 0.4) is 0 Å². The monoisotopic (exact) mass is 355 g/mol. The average Bonchev–Trinajstić information content (AvgIpc) is 3.14. The predicted molar refractivity (Wildman–Crippen MR) is 99.6 cm³/mol. The third-order valence-corrected chi connectivity index (χ3v) is 4.57. The zero-order chi connectivity index (χ0) is 18.5. The summed E-state index contributed by atoms with van der Waals surface area (Å²) in [6, 6.07) is 8.70. The molecule has 0 atom stereocenters. The van der Waals surface area contributed by atoms with Crippen LogP contribution in [0.4, 0.5) is 22.9 Å². The fourth-order valence-electron chi connectivity index (χ4n) is 3.13. The van der Waals surface area contributed by atoms with E-state index in [1.807, 2.05) is 24.3 Å². The summed E-state index contributed by atoms with van der Waals surface area (Å²) in [4.78, 5) is 25.7. The smallest absolute Gasteiger partial charge is 0.288 e. The van der Waals surface area contributed by atoms with Crippen LogP contribution in [0.2, 0.25) is 0 Å². The summed E-state index contributed by atoms with van der Waals surface area (Å²) in [6.07, 6.45) is 6.30. The molecule has 0 bridgehead atoms. The van der Waals surface area contributed by atoms with E-state index in [-0.39, 0.29) is 17.1 Å². The maximum absolute atomic E-state index is 11.6. The van der Waals surface area contributed by atoms with Gasteiger partial charge in [0.1, 0.15) is 12.0 Å². The second kappa shape index (κ2) is 7.81. The first-order chi connectivity index (χ1) is 12.5. The molecule has 8 heteroatoms. The Bertz CT molecular complexity index is 801. The minimum Gasteiger partial charge on any atom is -0.385 e. The lowest BCUT2D eigenvalue weighted by Crippen LogP contribution is -2.15. The van der Waals surface area contributed by atoms with Gasteiger partial charge in [0.25, 0.3) is 11.6 Å². The molecule has 0 unspecified atom stereocenters. The van der Waals surface area contributed by atoms with Gasteiger partial charge in [0, 0.05) is 24.0 Å². The van der Waals surface area contributed by atoms with Gasteiger partial charge in [0.2, 0.25) is 0 Å². The molecule has 136 valence electrons. The number of anilines is 3. The summed E-state index contributed by atoms with van der Waals surface area (Å²) in [5.74, 6) is 0.156. The van der Waals surface area contributed by atoms with Crippen LogP contribution in [0.25, 0.3) is 0 Å². The van der Waals surface area contributed by atoms with Gasteiger partial charge in [-0.15, -0.1) is 0 Å². The summed E-state index contributed by atoms with van der Waals surface area (Å²) >= 11 is 0. The highest BCUT2D eigenvalue weighted by Gasteiger charge is 2.17. The van der Waals surface area contributed by atoms with E-state index in [0.29, 0.717) is 5.69 Å². The SMILES string of the molecule is NC(=O)c1cc([N+](=O)[O-])cnc1Nc1ccc(NCC2CCCC2)cc1. The molecule has 1 saturated carbocycles. The van der Waals surface area contributed by atoms with Crippen LogP contribution in [0.1, 0.15) is 36.0 Å². The van der Waals surface area contributed by atoms with Crippen molar-refractivity contribution in [3.8, 4) is 0 Å². The number of nitrogens with zero attached hydrogens (tertiary/aromatic N) is 2. The van der Waals surface area contributed by atoms with Gasteiger partial charge >= 0.3 is 0 Å². The van der Waals surface area contributed by atoms with E-state index in [4.69, 9.17) is 5.73 Å². The molecule has 1 fully saturated rings. The lowest BCUT2D eigenvalue weighted by Gasteiger charge is -2.13. The van der Waals surface area contributed by atoms with Gasteiger partial charge in [0.05, 0.1) is 10.5 Å². The topological polar surface area (TPSA) is 123 Å². The number of nitro groups is 1. The first-order valence-electron chi connectivity index (χ1n) is 8.58. The number of carbonyl (C=O) groups is 1. The minimum absolute atomic E-state index is 0.0253. The Balaban J connectivity index is 1.68. The third-order valence-electron chi connectivity index (χ3n) is 4.57. The van der Waals surface area contributed by atoms with Crippen LogP contribution in [-0.2, 0) is 0 Å². The summed E-state index contributed by atoms with van der Waals surface area (Å²) < 4.78 is 0. The fraction of sp³-hybridized carbons (Fsp3) is 0.333. The van der Waals surface area contributed by atoms with E-state index in [1.54, 1.807) is 0 Å². The van der Waals surface area contributed by atoms with Crippen LogP contribution in [0.15, 0.2) is 36.5 Å². The second-order valence-corrected chi connectivity index (χ2v) is 6.44. The number of aromatic nitrogens is 1. The molecule has 1 amide bonds. The summed E-state index contributed by atoms with van der Waals surface area (Å²) in [5.41, 5.74) is 6.73. The molecule has 0 radical (unpaired) electrons. The molecule has 1 heterocycles. The zero-order valence-electron chi connectivity index (χ0n) is 14.3. The first kappa shape index (κ1) is 17.7. The van der Waals surface area contributed by atoms with Crippen molar-refractivity contribution < 1.29 is 9.72 Å². The zero-order valence-corrected chi connectivity index (χ0v) is 14.3. The molecule has 2 aromatic rings. The Labute approximate surface area is 151 Å². The van der Waals surface area contributed by atoms with Crippen molar-refractivity contribution in [1.29, 1.82) is 0 Å². The van der Waals surface area contributed by atoms with E-state index in [1.165, 1.54) is 25.7 Å². The van der Waals surface area contributed by atoms with Crippen molar-refractivity contribution in [2.45, 2.75) is 25.7 Å². The predicted octanol–water partition coefficient (Wildman–Crippen LogP) is 3.43. The van der Waals surface area contributed by atoms with Gasteiger partial charge < -0.3 is 16.4 Å². The lowest BCUT2D eigenvalue weighted by atomic mass is 10.1. The van der Waals surface area contributed by atoms with Crippen molar-refractivity contribution in [2.24, 2.45) is 11.7 Å². The molecule has 4 N–H and O–H groups in total. The number of rotatable bonds is 7. The van der Waals surface area contributed by atoms with Crippen molar-refractivity contribution in [3.05, 3.63) is 52.2 Å². The fourth-order valence-corrected chi connectivity index (χ4v) is 3.13. The highest BCUT2D eigenvalue weighted by Crippen LogP contribution is 2.26. The van der Waals surface area contributed by atoms with Crippen LogP contribution in [-0.4, -0.2) is 22.4 Å². The van der Waals surface area contributed by atoms with E-state index in [2.05, 4.69) is 15.6 Å². The van der Waals surface area contributed by atoms with Gasteiger partial charge in [-0.05, 0) is 43.0 Å². The van der Waals surface area contributed by atoms with Gasteiger partial charge in [0.15, 0.2) is 0 Å². The number of nitrogens with one attached hydrogen (secondary N) is 2. The Hall–Kier alpha value is -3.16. The molecular formula is C18H21N5O3. The summed E-state index contributed by atoms with van der Waals surface area (Å²) in [5, 5.41) is 17.2. The number of primary amides is 1. The molecule has 1 aromatic heterocycles. The Morgan fingerprint density at radius 2 is 1.88 bits per heavy atom. The Morgan fingerprint density at radius 1 is 1.23 bits per heavy atom. The molecule has 1 aliphatic carbocycles. The van der Waals surface area contributed by atoms with Gasteiger partial charge in [-0.1, -0.05) is 12.8 Å². The largest absolute Gasteiger partial charge is 0.385 e. The number of nitrogens with two attached hydrogens (primary N) is 1. The summed E-state index contributed by atoms with van der Waals surface area (Å²) in [7, 11) is 0. The van der Waals surface area contributed by atoms with Crippen LogP contribution in [0, 0.1) is 16.0 Å². The second-order valence-electron chi connectivity index (χ2n) is 6.44. The lowest BCUT2D eigenvalue weighted by molar-refractivity contribution is -0.385. The van der Waals surface area contributed by atoms with E-state index < -0.39 is 10.8 Å². The Morgan fingerprint density at radius 3 is 2.50 bits per heavy atom. The molecule has 0 saturated heterocycles. The van der Waals surface area contributed by atoms with Crippen LogP contribution >= 0.6 is 0 Å². The highest BCUT2D eigenvalue weighted by molar-refractivity contribution is 5.98. The highest BCUT2D eigenvalue weighted by atomic mass is 16.6. The number of benzene rings is 1. The van der Waals surface area contributed by atoms with Crippen molar-refractivity contribution in [2.75, 3.05) is 17.2 Å². The average molecular weight is 355 g/mol. The number of carbonyl (C=O) groups excluding carboxylic acids is 1. The number of hydrogen-bond acceptors (Lipinski definition) is 6. The molecule has 1 aliphatic rings. The maximum atomic E-state index is 11.6. The van der Waals surface area contributed by atoms with E-state index in [0.717, 1.165) is 30.4 Å². The van der Waals surface area contributed by atoms with E-state index >= 15 is 0 Å². The van der Waals surface area contributed by atoms with Crippen molar-refractivity contribution in [1.82, 2.24) is 4.98 Å². The molecule has 3 rings (SSSR count). The first-order valence-corrected chi connectivity index (χ1v) is 8.58. The maximum Gasteiger partial charge on any atom is 0.288 e. The molecule has 26 heavy (non-hydrogen) atoms. The molecule has 0 aliphatic heterocycles.